The summed E-state index contributed by atoms with van der Waals surface area (Å²) in [7, 11) is 0. The van der Waals surface area contributed by atoms with Crippen molar-refractivity contribution in [1.82, 2.24) is 0 Å². The van der Waals surface area contributed by atoms with Crippen molar-refractivity contribution in [3.63, 3.8) is 0 Å². The maximum absolute atomic E-state index is 11.5. The average Bonchev–Trinajstić information content (AvgIpc) is 2.46. The van der Waals surface area contributed by atoms with Crippen LogP contribution in [0.2, 0.25) is 0 Å². The molecule has 106 valence electrons. The van der Waals surface area contributed by atoms with E-state index >= 15 is 0 Å². The van der Waals surface area contributed by atoms with Gasteiger partial charge in [-0.2, -0.15) is 5.26 Å². The number of anilines is 1. The Morgan fingerprint density at radius 1 is 1.60 bits per heavy atom. The number of hydrogen-bond donors (Lipinski definition) is 1. The number of carboxylic acids is 1. The van der Waals surface area contributed by atoms with Gasteiger partial charge in [0.1, 0.15) is 12.1 Å². The average molecular weight is 337 g/mol. The first-order valence-electron chi connectivity index (χ1n) is 6.76. The molecular formula is C15H17BrN2O2. The Morgan fingerprint density at radius 3 is 2.95 bits per heavy atom. The zero-order valence-electron chi connectivity index (χ0n) is 11.3. The minimum atomic E-state index is -0.810. The van der Waals surface area contributed by atoms with Gasteiger partial charge in [0.05, 0.1) is 11.3 Å². The van der Waals surface area contributed by atoms with Crippen molar-refractivity contribution >= 4 is 27.6 Å². The third kappa shape index (κ3) is 2.96. The molecule has 0 bridgehead atoms. The molecule has 1 aromatic rings. The van der Waals surface area contributed by atoms with Crippen LogP contribution in [0.15, 0.2) is 22.7 Å². The zero-order valence-corrected chi connectivity index (χ0v) is 12.9. The first-order chi connectivity index (χ1) is 9.56. The third-order valence-corrected chi connectivity index (χ3v) is 4.46. The Labute approximate surface area is 127 Å². The van der Waals surface area contributed by atoms with Crippen LogP contribution in [0.3, 0.4) is 0 Å². The van der Waals surface area contributed by atoms with Crippen molar-refractivity contribution in [1.29, 1.82) is 5.26 Å². The molecule has 4 nitrogen and oxygen atoms in total. The number of rotatable bonds is 3. The molecule has 1 aliphatic heterocycles. The maximum atomic E-state index is 11.5. The van der Waals surface area contributed by atoms with E-state index in [2.05, 4.69) is 28.9 Å². The van der Waals surface area contributed by atoms with Gasteiger partial charge in [-0.3, -0.25) is 0 Å². The van der Waals surface area contributed by atoms with Crippen LogP contribution in [0.25, 0.3) is 0 Å². The molecule has 1 fully saturated rings. The maximum Gasteiger partial charge on any atom is 0.326 e. The summed E-state index contributed by atoms with van der Waals surface area (Å²) in [5.41, 5.74) is 1.23. The number of carbonyl (C=O) groups is 1. The second-order valence-corrected chi connectivity index (χ2v) is 6.04. The topological polar surface area (TPSA) is 64.3 Å². The Balaban J connectivity index is 2.35. The van der Waals surface area contributed by atoms with Crippen LogP contribution in [0.5, 0.6) is 0 Å². The largest absolute Gasteiger partial charge is 0.480 e. The normalized spacial score (nSPS) is 22.4. The van der Waals surface area contributed by atoms with Crippen molar-refractivity contribution in [3.8, 4) is 6.07 Å². The van der Waals surface area contributed by atoms with Crippen molar-refractivity contribution in [3.05, 3.63) is 28.2 Å². The minimum Gasteiger partial charge on any atom is -0.480 e. The molecular weight excluding hydrogens is 320 g/mol. The highest BCUT2D eigenvalue weighted by molar-refractivity contribution is 9.10. The zero-order chi connectivity index (χ0) is 14.7. The predicted molar refractivity (Wildman–Crippen MR) is 80.6 cm³/mol. The van der Waals surface area contributed by atoms with Gasteiger partial charge in [-0.15, -0.1) is 0 Å². The number of nitrogens with zero attached hydrogens (tertiary/aromatic N) is 2. The van der Waals surface area contributed by atoms with Crippen LogP contribution in [-0.2, 0) is 4.79 Å². The number of carboxylic acid groups (broad SMARTS) is 1. The van der Waals surface area contributed by atoms with Gasteiger partial charge in [-0.05, 0) is 37.0 Å². The molecule has 0 aliphatic carbocycles. The van der Waals surface area contributed by atoms with Crippen LogP contribution in [0, 0.1) is 17.2 Å². The second-order valence-electron chi connectivity index (χ2n) is 5.12. The highest BCUT2D eigenvalue weighted by Gasteiger charge is 2.33. The quantitative estimate of drug-likeness (QED) is 0.918. The number of halogens is 1. The van der Waals surface area contributed by atoms with Crippen LogP contribution in [0.4, 0.5) is 5.69 Å². The van der Waals surface area contributed by atoms with E-state index in [9.17, 15) is 15.2 Å². The summed E-state index contributed by atoms with van der Waals surface area (Å²) in [6, 6.07) is 7.02. The molecule has 5 heteroatoms. The Morgan fingerprint density at radius 2 is 2.35 bits per heavy atom. The molecule has 0 spiro atoms. The fourth-order valence-corrected chi connectivity index (χ4v) is 3.14. The van der Waals surface area contributed by atoms with E-state index in [0.29, 0.717) is 24.4 Å². The van der Waals surface area contributed by atoms with Gasteiger partial charge in [0.25, 0.3) is 0 Å². The summed E-state index contributed by atoms with van der Waals surface area (Å²) >= 11 is 3.34. The number of hydrogen-bond acceptors (Lipinski definition) is 3. The van der Waals surface area contributed by atoms with Crippen LogP contribution in [0.1, 0.15) is 31.7 Å². The lowest BCUT2D eigenvalue weighted by atomic mass is 9.88. The summed E-state index contributed by atoms with van der Waals surface area (Å²) < 4.78 is 0.827. The summed E-state index contributed by atoms with van der Waals surface area (Å²) in [5.74, 6) is -0.358. The molecule has 2 atom stereocenters. The molecule has 0 amide bonds. The van der Waals surface area contributed by atoms with E-state index in [4.69, 9.17) is 0 Å². The molecule has 20 heavy (non-hydrogen) atoms. The predicted octanol–water partition coefficient (Wildman–Crippen LogP) is 3.40. The van der Waals surface area contributed by atoms with Crippen molar-refractivity contribution in [2.24, 2.45) is 5.92 Å². The van der Waals surface area contributed by atoms with Crippen LogP contribution in [-0.4, -0.2) is 23.7 Å². The second kappa shape index (κ2) is 6.27. The van der Waals surface area contributed by atoms with E-state index in [1.54, 1.807) is 6.07 Å². The molecule has 2 unspecified atom stereocenters. The van der Waals surface area contributed by atoms with Gasteiger partial charge in [0.2, 0.25) is 0 Å². The number of benzene rings is 1. The van der Waals surface area contributed by atoms with Gasteiger partial charge in [-0.25, -0.2) is 4.79 Å². The molecule has 0 radical (unpaired) electrons. The van der Waals surface area contributed by atoms with Crippen molar-refractivity contribution < 1.29 is 9.90 Å². The van der Waals surface area contributed by atoms with E-state index in [1.807, 2.05) is 17.0 Å². The first kappa shape index (κ1) is 14.9. The Bertz CT molecular complexity index is 553. The van der Waals surface area contributed by atoms with E-state index in [-0.39, 0.29) is 0 Å². The molecule has 1 heterocycles. The number of aliphatic carboxylic acids is 1. The lowest BCUT2D eigenvalue weighted by Gasteiger charge is -2.39. The van der Waals surface area contributed by atoms with Crippen LogP contribution >= 0.6 is 15.9 Å². The summed E-state index contributed by atoms with van der Waals surface area (Å²) in [6.45, 7) is 2.78. The number of nitriles is 1. The minimum absolute atomic E-state index is 0.452. The lowest BCUT2D eigenvalue weighted by Crippen LogP contribution is -2.47. The summed E-state index contributed by atoms with van der Waals surface area (Å²) in [6.07, 6.45) is 2.62. The Kier molecular flexibility index (Phi) is 4.66. The lowest BCUT2D eigenvalue weighted by molar-refractivity contribution is -0.139. The number of piperidine rings is 1. The molecule has 1 saturated heterocycles. The van der Waals surface area contributed by atoms with Gasteiger partial charge in [0, 0.05) is 11.0 Å². The van der Waals surface area contributed by atoms with E-state index in [1.165, 1.54) is 0 Å². The molecule has 2 rings (SSSR count). The molecule has 1 N–H and O–H groups in total. The van der Waals surface area contributed by atoms with Gasteiger partial charge < -0.3 is 10.0 Å². The SMILES string of the molecule is CCC1CCN(c2ccc(Br)cc2C#N)C(C(=O)O)C1. The van der Waals surface area contributed by atoms with Crippen LogP contribution < -0.4 is 4.90 Å². The van der Waals surface area contributed by atoms with Crippen molar-refractivity contribution in [2.75, 3.05) is 11.4 Å². The monoisotopic (exact) mass is 336 g/mol. The molecule has 1 aliphatic rings. The fraction of sp³-hybridized carbons (Fsp3) is 0.467. The van der Waals surface area contributed by atoms with Gasteiger partial charge in [-0.1, -0.05) is 29.3 Å². The van der Waals surface area contributed by atoms with Gasteiger partial charge in [0.15, 0.2) is 0 Å². The summed E-state index contributed by atoms with van der Waals surface area (Å²) in [5, 5.41) is 18.7. The van der Waals surface area contributed by atoms with E-state index < -0.39 is 12.0 Å². The highest BCUT2D eigenvalue weighted by atomic mass is 79.9. The fourth-order valence-electron chi connectivity index (χ4n) is 2.78. The summed E-state index contributed by atoms with van der Waals surface area (Å²) in [4.78, 5) is 13.4. The van der Waals surface area contributed by atoms with Crippen molar-refractivity contribution in [2.45, 2.75) is 32.2 Å². The van der Waals surface area contributed by atoms with Gasteiger partial charge >= 0.3 is 5.97 Å². The molecule has 0 aromatic heterocycles. The van der Waals surface area contributed by atoms with E-state index in [0.717, 1.165) is 23.0 Å². The highest BCUT2D eigenvalue weighted by Crippen LogP contribution is 2.32. The molecule has 1 aromatic carbocycles. The Hall–Kier alpha value is -1.54. The molecule has 0 saturated carbocycles. The third-order valence-electron chi connectivity index (χ3n) is 3.96. The standard InChI is InChI=1S/C15H17BrN2O2/c1-2-10-5-6-18(14(7-10)15(19)20)13-4-3-12(16)8-11(13)9-17/h3-4,8,10,14H,2,5-7H2,1H3,(H,19,20). The first-order valence-corrected chi connectivity index (χ1v) is 7.55. The smallest absolute Gasteiger partial charge is 0.326 e.